The zero-order valence-electron chi connectivity index (χ0n) is 7.43. The van der Waals surface area contributed by atoms with Crippen LogP contribution in [0.25, 0.3) is 0 Å². The zero-order chi connectivity index (χ0) is 10.8. The average Bonchev–Trinajstić information content (AvgIpc) is 2.52. The highest BCUT2D eigenvalue weighted by atomic mass is 32.2. The van der Waals surface area contributed by atoms with Crippen LogP contribution in [-0.2, 0) is 15.6 Å². The van der Waals surface area contributed by atoms with Crippen molar-refractivity contribution in [3.05, 3.63) is 16.1 Å². The lowest BCUT2D eigenvalue weighted by molar-refractivity contribution is 0.0702. The molecule has 1 rings (SSSR count). The van der Waals surface area contributed by atoms with Gasteiger partial charge in [0.25, 0.3) is 0 Å². The van der Waals surface area contributed by atoms with Crippen LogP contribution in [0, 0.1) is 0 Å². The molecule has 5 nitrogen and oxygen atoms in total. The monoisotopic (exact) mass is 235 g/mol. The number of nitrogens with zero attached hydrogens (tertiary/aromatic N) is 1. The Bertz CT molecular complexity index is 434. The summed E-state index contributed by atoms with van der Waals surface area (Å²) < 4.78 is 22.3. The van der Waals surface area contributed by atoms with Gasteiger partial charge in [-0.3, -0.25) is 0 Å². The van der Waals surface area contributed by atoms with E-state index in [-0.39, 0.29) is 16.4 Å². The Morgan fingerprint density at radius 2 is 2.29 bits per heavy atom. The molecule has 0 atom stereocenters. The quantitative estimate of drug-likeness (QED) is 0.833. The summed E-state index contributed by atoms with van der Waals surface area (Å²) in [6.07, 6.45) is 1.17. The first-order chi connectivity index (χ1) is 6.44. The molecule has 0 bridgehead atoms. The third-order valence-corrected chi connectivity index (χ3v) is 4.31. The molecule has 14 heavy (non-hydrogen) atoms. The van der Waals surface area contributed by atoms with Crippen molar-refractivity contribution in [3.8, 4) is 0 Å². The van der Waals surface area contributed by atoms with E-state index < -0.39 is 15.8 Å². The van der Waals surface area contributed by atoms with Gasteiger partial charge in [0.2, 0.25) is 0 Å². The minimum absolute atomic E-state index is 0.0367. The fourth-order valence-electron chi connectivity index (χ4n) is 0.766. The van der Waals surface area contributed by atoms with Crippen LogP contribution in [0.1, 0.15) is 21.6 Å². The van der Waals surface area contributed by atoms with Crippen molar-refractivity contribution in [1.82, 2.24) is 4.98 Å². The van der Waals surface area contributed by atoms with E-state index in [2.05, 4.69) is 4.98 Å². The van der Waals surface area contributed by atoms with E-state index in [1.807, 2.05) is 0 Å². The molecule has 7 heteroatoms. The molecule has 0 saturated carbocycles. The third kappa shape index (κ3) is 2.78. The van der Waals surface area contributed by atoms with Gasteiger partial charge in [0.1, 0.15) is 15.6 Å². The Morgan fingerprint density at radius 3 is 2.71 bits per heavy atom. The summed E-state index contributed by atoms with van der Waals surface area (Å²) in [6, 6.07) is 0. The highest BCUT2D eigenvalue weighted by molar-refractivity contribution is 7.90. The van der Waals surface area contributed by atoms with Crippen LogP contribution in [0.5, 0.6) is 0 Å². The fourth-order valence-corrected chi connectivity index (χ4v) is 2.75. The van der Waals surface area contributed by atoms with E-state index in [4.69, 9.17) is 5.11 Å². The van der Waals surface area contributed by atoms with Gasteiger partial charge in [0.15, 0.2) is 9.84 Å². The minimum Gasteiger partial charge on any atom is -0.477 e. The zero-order valence-corrected chi connectivity index (χ0v) is 9.06. The Kier molecular flexibility index (Phi) is 3.22. The maximum atomic E-state index is 11.2. The minimum atomic E-state index is -3.13. The van der Waals surface area contributed by atoms with E-state index in [1.165, 1.54) is 6.20 Å². The second-order valence-corrected chi connectivity index (χ2v) is 6.07. The van der Waals surface area contributed by atoms with Crippen LogP contribution in [0.3, 0.4) is 0 Å². The summed E-state index contributed by atoms with van der Waals surface area (Å²) >= 11 is 0.893. The maximum absolute atomic E-state index is 11.2. The standard InChI is InChI=1S/C7H9NO4S2/c1-2-14(11,12)4-6-8-3-5(13-6)7(9)10/h3H,2,4H2,1H3,(H,9,10). The highest BCUT2D eigenvalue weighted by Gasteiger charge is 2.14. The molecular weight excluding hydrogens is 226 g/mol. The summed E-state index contributed by atoms with van der Waals surface area (Å²) in [4.78, 5) is 14.3. The molecule has 1 aromatic heterocycles. The third-order valence-electron chi connectivity index (χ3n) is 1.55. The number of rotatable bonds is 4. The van der Waals surface area contributed by atoms with Gasteiger partial charge < -0.3 is 5.11 Å². The van der Waals surface area contributed by atoms with Crippen molar-refractivity contribution in [2.24, 2.45) is 0 Å². The van der Waals surface area contributed by atoms with Gasteiger partial charge >= 0.3 is 5.97 Å². The second-order valence-electron chi connectivity index (χ2n) is 2.60. The van der Waals surface area contributed by atoms with E-state index >= 15 is 0 Å². The number of thiazole rings is 1. The molecule has 1 aromatic rings. The van der Waals surface area contributed by atoms with Gasteiger partial charge in [-0.1, -0.05) is 6.92 Å². The van der Waals surface area contributed by atoms with Crippen molar-refractivity contribution >= 4 is 27.1 Å². The lowest BCUT2D eigenvalue weighted by Gasteiger charge is -1.95. The number of carboxylic acids is 1. The average molecular weight is 235 g/mol. The van der Waals surface area contributed by atoms with E-state index in [1.54, 1.807) is 6.92 Å². The highest BCUT2D eigenvalue weighted by Crippen LogP contribution is 2.15. The van der Waals surface area contributed by atoms with Gasteiger partial charge in [-0.15, -0.1) is 11.3 Å². The van der Waals surface area contributed by atoms with Crippen LogP contribution in [-0.4, -0.2) is 30.2 Å². The van der Waals surface area contributed by atoms with Crippen molar-refractivity contribution in [1.29, 1.82) is 0 Å². The van der Waals surface area contributed by atoms with Crippen LogP contribution in [0.4, 0.5) is 0 Å². The molecule has 0 fully saturated rings. The van der Waals surface area contributed by atoms with E-state index in [0.717, 1.165) is 11.3 Å². The molecule has 0 unspecified atom stereocenters. The Labute approximate surface area is 85.3 Å². The first-order valence-corrected chi connectivity index (χ1v) is 6.47. The second kappa shape index (κ2) is 4.05. The molecule has 1 heterocycles. The smallest absolute Gasteiger partial charge is 0.347 e. The topological polar surface area (TPSA) is 84.3 Å². The largest absolute Gasteiger partial charge is 0.477 e. The number of hydrogen-bond donors (Lipinski definition) is 1. The number of carbonyl (C=O) groups is 1. The molecule has 0 aromatic carbocycles. The first-order valence-electron chi connectivity index (χ1n) is 3.83. The summed E-state index contributed by atoms with van der Waals surface area (Å²) in [5, 5.41) is 8.90. The first kappa shape index (κ1) is 11.1. The van der Waals surface area contributed by atoms with Gasteiger partial charge in [-0.25, -0.2) is 18.2 Å². The Balaban J connectivity index is 2.84. The van der Waals surface area contributed by atoms with Crippen molar-refractivity contribution in [3.63, 3.8) is 0 Å². The number of carboxylic acid groups (broad SMARTS) is 1. The van der Waals surface area contributed by atoms with Crippen LogP contribution in [0.2, 0.25) is 0 Å². The van der Waals surface area contributed by atoms with Gasteiger partial charge in [0.05, 0.1) is 6.20 Å². The molecule has 0 amide bonds. The Morgan fingerprint density at radius 1 is 1.64 bits per heavy atom. The molecule has 0 aliphatic rings. The van der Waals surface area contributed by atoms with Crippen LogP contribution >= 0.6 is 11.3 Å². The predicted octanol–water partition coefficient (Wildman–Crippen LogP) is 0.776. The summed E-state index contributed by atoms with van der Waals surface area (Å²) in [5.74, 6) is -1.22. The molecule has 0 aliphatic carbocycles. The van der Waals surface area contributed by atoms with Gasteiger partial charge in [0, 0.05) is 5.75 Å². The number of aromatic nitrogens is 1. The molecule has 0 spiro atoms. The molecule has 1 N–H and O–H groups in total. The van der Waals surface area contributed by atoms with E-state index in [0.29, 0.717) is 5.01 Å². The van der Waals surface area contributed by atoms with Crippen molar-refractivity contribution in [2.75, 3.05) is 5.75 Å². The molecule has 0 aliphatic heterocycles. The number of aromatic carboxylic acids is 1. The lowest BCUT2D eigenvalue weighted by Crippen LogP contribution is -2.05. The van der Waals surface area contributed by atoms with E-state index in [9.17, 15) is 13.2 Å². The van der Waals surface area contributed by atoms with Gasteiger partial charge in [-0.05, 0) is 0 Å². The summed E-state index contributed by atoms with van der Waals surface area (Å²) in [5.41, 5.74) is 0. The maximum Gasteiger partial charge on any atom is 0.347 e. The SMILES string of the molecule is CCS(=O)(=O)Cc1ncc(C(=O)O)s1. The fraction of sp³-hybridized carbons (Fsp3) is 0.429. The van der Waals surface area contributed by atoms with Crippen LogP contribution < -0.4 is 0 Å². The van der Waals surface area contributed by atoms with Crippen LogP contribution in [0.15, 0.2) is 6.20 Å². The lowest BCUT2D eigenvalue weighted by atomic mass is 10.6. The molecule has 0 saturated heterocycles. The van der Waals surface area contributed by atoms with Crippen molar-refractivity contribution in [2.45, 2.75) is 12.7 Å². The molecule has 78 valence electrons. The number of sulfone groups is 1. The normalized spacial score (nSPS) is 11.5. The predicted molar refractivity (Wildman–Crippen MR) is 52.2 cm³/mol. The molecular formula is C7H9NO4S2. The summed E-state index contributed by atoms with van der Waals surface area (Å²) in [7, 11) is -3.13. The summed E-state index contributed by atoms with van der Waals surface area (Å²) in [6.45, 7) is 1.54. The molecule has 0 radical (unpaired) electrons. The number of hydrogen-bond acceptors (Lipinski definition) is 5. The van der Waals surface area contributed by atoms with Crippen molar-refractivity contribution < 1.29 is 18.3 Å². The Hall–Kier alpha value is -0.950. The van der Waals surface area contributed by atoms with Gasteiger partial charge in [-0.2, -0.15) is 0 Å².